The predicted molar refractivity (Wildman–Crippen MR) is 83.4 cm³/mol. The summed E-state index contributed by atoms with van der Waals surface area (Å²) in [6.07, 6.45) is 2.77. The van der Waals surface area contributed by atoms with Crippen LogP contribution in [0.15, 0.2) is 48.7 Å². The maximum Gasteiger partial charge on any atom is 0.343 e. The van der Waals surface area contributed by atoms with Gasteiger partial charge in [0.25, 0.3) is 5.91 Å². The molecule has 0 unspecified atom stereocenters. The van der Waals surface area contributed by atoms with Gasteiger partial charge in [-0.15, -0.1) is 0 Å². The van der Waals surface area contributed by atoms with Gasteiger partial charge in [-0.25, -0.2) is 18.0 Å². The van der Waals surface area contributed by atoms with Gasteiger partial charge in [-0.3, -0.25) is 9.69 Å². The van der Waals surface area contributed by atoms with E-state index < -0.39 is 40.8 Å². The van der Waals surface area contributed by atoms with Gasteiger partial charge in [-0.2, -0.15) is 8.78 Å². The third kappa shape index (κ3) is 3.07. The number of allylic oxidation sites excluding steroid dienone is 1. The molecule has 1 aliphatic heterocycles. The lowest BCUT2D eigenvalue weighted by molar-refractivity contribution is -0.113. The molecule has 0 fully saturated rings. The number of hydrogen-bond donors (Lipinski definition) is 0. The molecule has 0 saturated carbocycles. The Labute approximate surface area is 148 Å². The van der Waals surface area contributed by atoms with Gasteiger partial charge in [0, 0.05) is 17.5 Å². The molecule has 2 aromatic carbocycles. The molecule has 1 amide bonds. The number of benzene rings is 2. The fourth-order valence-corrected chi connectivity index (χ4v) is 2.32. The summed E-state index contributed by atoms with van der Waals surface area (Å²) in [5.74, 6) is -14.8. The number of nitrogens with zero attached hydrogens (tertiary/aromatic N) is 1. The van der Waals surface area contributed by atoms with Crippen molar-refractivity contribution in [2.45, 2.75) is 0 Å². The second kappa shape index (κ2) is 6.67. The van der Waals surface area contributed by atoms with E-state index in [1.165, 1.54) is 29.2 Å². The van der Waals surface area contributed by atoms with Gasteiger partial charge in [0.15, 0.2) is 0 Å². The minimum Gasteiger partial charge on any atom is -0.416 e. The smallest absolute Gasteiger partial charge is 0.343 e. The van der Waals surface area contributed by atoms with Gasteiger partial charge < -0.3 is 4.74 Å². The first-order valence-corrected chi connectivity index (χ1v) is 7.27. The molecule has 0 saturated heterocycles. The molecule has 0 spiro atoms. The summed E-state index contributed by atoms with van der Waals surface area (Å²) in [6, 6.07) is 4.96. The molecule has 0 N–H and O–H groups in total. The van der Waals surface area contributed by atoms with E-state index in [0.717, 1.165) is 12.1 Å². The number of carbonyl (C=O) groups excluding carboxylic acids is 2. The summed E-state index contributed by atoms with van der Waals surface area (Å²) >= 11 is 0. The number of halogens is 5. The molecular formula is C18H8F5NO3. The van der Waals surface area contributed by atoms with Crippen molar-refractivity contribution in [2.24, 2.45) is 0 Å². The van der Waals surface area contributed by atoms with E-state index in [9.17, 15) is 31.5 Å². The fraction of sp³-hybridized carbons (Fsp3) is 0. The summed E-state index contributed by atoms with van der Waals surface area (Å²) in [4.78, 5) is 24.9. The molecule has 4 nitrogen and oxygen atoms in total. The summed E-state index contributed by atoms with van der Waals surface area (Å²) in [5.41, 5.74) is 0.493. The van der Waals surface area contributed by atoms with E-state index in [-0.39, 0.29) is 11.5 Å². The van der Waals surface area contributed by atoms with Crippen molar-refractivity contribution >= 4 is 17.6 Å². The second-order valence-electron chi connectivity index (χ2n) is 5.33. The van der Waals surface area contributed by atoms with Crippen LogP contribution in [-0.2, 0) is 4.79 Å². The lowest BCUT2D eigenvalue weighted by atomic mass is 10.2. The first-order chi connectivity index (χ1) is 12.7. The topological polar surface area (TPSA) is 46.6 Å². The normalized spacial score (nSPS) is 13.4. The van der Waals surface area contributed by atoms with Crippen molar-refractivity contribution in [1.82, 2.24) is 0 Å². The molecule has 9 heteroatoms. The third-order valence-electron chi connectivity index (χ3n) is 3.65. The minimum atomic E-state index is -2.36. The van der Waals surface area contributed by atoms with E-state index in [0.29, 0.717) is 11.4 Å². The lowest BCUT2D eigenvalue weighted by Gasteiger charge is -2.17. The largest absolute Gasteiger partial charge is 0.416 e. The van der Waals surface area contributed by atoms with Crippen LogP contribution in [0.5, 0.6) is 5.75 Å². The van der Waals surface area contributed by atoms with E-state index in [1.54, 1.807) is 0 Å². The van der Waals surface area contributed by atoms with Crippen LogP contribution in [0.2, 0.25) is 0 Å². The Balaban J connectivity index is 1.86. The van der Waals surface area contributed by atoms with Crippen molar-refractivity contribution in [2.75, 3.05) is 4.90 Å². The number of carbonyl (C=O) groups is 2. The summed E-state index contributed by atoms with van der Waals surface area (Å²) in [6.45, 7) is 3.66. The zero-order valence-electron chi connectivity index (χ0n) is 13.2. The third-order valence-corrected chi connectivity index (χ3v) is 3.65. The SMILES string of the molecule is C=C1C=CC(=O)N1c1ccc(C(=O)Oc2c(F)c(F)c(F)c(F)c2F)cc1. The van der Waals surface area contributed by atoms with Crippen LogP contribution < -0.4 is 9.64 Å². The zero-order valence-corrected chi connectivity index (χ0v) is 13.2. The van der Waals surface area contributed by atoms with E-state index in [4.69, 9.17) is 0 Å². The Kier molecular flexibility index (Phi) is 4.52. The number of esters is 1. The second-order valence-corrected chi connectivity index (χ2v) is 5.33. The van der Waals surface area contributed by atoms with Gasteiger partial charge in [0.05, 0.1) is 5.56 Å². The number of rotatable bonds is 3. The minimum absolute atomic E-state index is 0.243. The van der Waals surface area contributed by atoms with Crippen LogP contribution in [0.4, 0.5) is 27.6 Å². The van der Waals surface area contributed by atoms with Crippen LogP contribution in [0.1, 0.15) is 10.4 Å². The average Bonchev–Trinajstić information content (AvgIpc) is 3.00. The molecule has 0 atom stereocenters. The molecule has 0 aromatic heterocycles. The zero-order chi connectivity index (χ0) is 19.9. The Morgan fingerprint density at radius 1 is 0.852 bits per heavy atom. The van der Waals surface area contributed by atoms with Gasteiger partial charge in [-0.05, 0) is 30.3 Å². The molecule has 0 radical (unpaired) electrons. The Morgan fingerprint density at radius 3 is 1.85 bits per heavy atom. The van der Waals surface area contributed by atoms with Crippen LogP contribution in [-0.4, -0.2) is 11.9 Å². The number of amides is 1. The monoisotopic (exact) mass is 381 g/mol. The highest BCUT2D eigenvalue weighted by atomic mass is 19.2. The number of anilines is 1. The first kappa shape index (κ1) is 18.3. The van der Waals surface area contributed by atoms with Gasteiger partial charge >= 0.3 is 5.97 Å². The van der Waals surface area contributed by atoms with Crippen molar-refractivity contribution in [1.29, 1.82) is 0 Å². The summed E-state index contributed by atoms with van der Waals surface area (Å²) < 4.78 is 70.8. The average molecular weight is 381 g/mol. The van der Waals surface area contributed by atoms with Crippen molar-refractivity contribution in [3.8, 4) is 5.75 Å². The lowest BCUT2D eigenvalue weighted by Crippen LogP contribution is -2.22. The van der Waals surface area contributed by atoms with E-state index in [1.807, 2.05) is 0 Å². The molecule has 138 valence electrons. The van der Waals surface area contributed by atoms with Gasteiger partial charge in [0.1, 0.15) is 0 Å². The van der Waals surface area contributed by atoms with E-state index in [2.05, 4.69) is 11.3 Å². The highest BCUT2D eigenvalue weighted by Gasteiger charge is 2.29. The van der Waals surface area contributed by atoms with Crippen molar-refractivity contribution in [3.63, 3.8) is 0 Å². The fourth-order valence-electron chi connectivity index (χ4n) is 2.32. The maximum atomic E-state index is 13.6. The molecule has 0 bridgehead atoms. The molecule has 0 aliphatic carbocycles. The number of ether oxygens (including phenoxy) is 1. The molecule has 27 heavy (non-hydrogen) atoms. The standard InChI is InChI=1S/C18H8F5NO3/c1-8-2-7-11(25)24(8)10-5-3-9(4-6-10)18(26)27-17-15(22)13(20)12(19)14(21)16(17)23/h2-7H,1H2. The van der Waals surface area contributed by atoms with Crippen molar-refractivity contribution < 1.29 is 36.3 Å². The Bertz CT molecular complexity index is 968. The highest BCUT2D eigenvalue weighted by molar-refractivity contribution is 6.08. The molecule has 2 aromatic rings. The Morgan fingerprint density at radius 2 is 1.37 bits per heavy atom. The highest BCUT2D eigenvalue weighted by Crippen LogP contribution is 2.30. The summed E-state index contributed by atoms with van der Waals surface area (Å²) in [7, 11) is 0. The van der Waals surface area contributed by atoms with Crippen LogP contribution in [0, 0.1) is 29.1 Å². The molecule has 1 heterocycles. The van der Waals surface area contributed by atoms with E-state index >= 15 is 0 Å². The van der Waals surface area contributed by atoms with Gasteiger partial charge in [0.2, 0.25) is 34.8 Å². The molecule has 3 rings (SSSR count). The quantitative estimate of drug-likeness (QED) is 0.265. The van der Waals surface area contributed by atoms with Crippen LogP contribution >= 0.6 is 0 Å². The first-order valence-electron chi connectivity index (χ1n) is 7.27. The Hall–Kier alpha value is -3.49. The number of hydrogen-bond acceptors (Lipinski definition) is 3. The van der Waals surface area contributed by atoms with Crippen LogP contribution in [0.3, 0.4) is 0 Å². The predicted octanol–water partition coefficient (Wildman–Crippen LogP) is 4.02. The molecule has 1 aliphatic rings. The van der Waals surface area contributed by atoms with Crippen molar-refractivity contribution in [3.05, 3.63) is 83.3 Å². The van der Waals surface area contributed by atoms with Crippen LogP contribution in [0.25, 0.3) is 0 Å². The van der Waals surface area contributed by atoms with Gasteiger partial charge in [-0.1, -0.05) is 6.58 Å². The summed E-state index contributed by atoms with van der Waals surface area (Å²) in [5, 5.41) is 0. The maximum absolute atomic E-state index is 13.6. The molecular weight excluding hydrogens is 373 g/mol.